The maximum absolute atomic E-state index is 10.4. The van der Waals surface area contributed by atoms with Crippen molar-refractivity contribution in [3.05, 3.63) is 0 Å². The predicted octanol–water partition coefficient (Wildman–Crippen LogP) is 0.0677. The smallest absolute Gasteiger partial charge is 0.303 e. The highest BCUT2D eigenvalue weighted by molar-refractivity contribution is 7.57. The summed E-state index contributed by atoms with van der Waals surface area (Å²) in [5.41, 5.74) is 0. The summed E-state index contributed by atoms with van der Waals surface area (Å²) in [6.45, 7) is 0. The van der Waals surface area contributed by atoms with Crippen molar-refractivity contribution in [1.82, 2.24) is 0 Å². The lowest BCUT2D eigenvalue weighted by Crippen LogP contribution is -2.07. The summed E-state index contributed by atoms with van der Waals surface area (Å²) in [7, 11) is -0.801. The summed E-state index contributed by atoms with van der Waals surface area (Å²) in [4.78, 5) is 31.1. The Balaban J connectivity index is 0. The zero-order chi connectivity index (χ0) is 12.6. The summed E-state index contributed by atoms with van der Waals surface area (Å²) < 4.78 is 0. The topological polar surface area (TPSA) is 143 Å². The van der Waals surface area contributed by atoms with Gasteiger partial charge in [-0.2, -0.15) is 0 Å². The number of rotatable bonds is 9. The first-order valence-electron chi connectivity index (χ1n) is 4.79. The molecule has 0 heterocycles. The van der Waals surface area contributed by atoms with E-state index in [1.54, 1.807) is 0 Å². The first-order valence-corrected chi connectivity index (χ1v) is 6.69. The summed E-state index contributed by atoms with van der Waals surface area (Å²) in [5, 5.41) is 25.5. The van der Waals surface area contributed by atoms with Crippen LogP contribution in [0.2, 0.25) is 0 Å². The Hall–Kier alpha value is -1.20. The largest absolute Gasteiger partial charge is 0.481 e. The highest BCUT2D eigenvalue weighted by Crippen LogP contribution is 2.37. The van der Waals surface area contributed by atoms with E-state index in [9.17, 15) is 14.4 Å². The number of hydrogen-bond donors (Lipinski definition) is 3. The first kappa shape index (κ1) is 18.2. The van der Waals surface area contributed by atoms with Gasteiger partial charge in [0.05, 0.1) is 0 Å². The molecule has 0 aromatic carbocycles. The molecule has 100 valence electrons. The van der Waals surface area contributed by atoms with E-state index in [0.717, 1.165) is 0 Å². The molecule has 0 rings (SSSR count). The van der Waals surface area contributed by atoms with Gasteiger partial charge in [-0.15, -0.1) is 7.92 Å². The van der Waals surface area contributed by atoms with Gasteiger partial charge in [0.15, 0.2) is 0 Å². The SMILES string of the molecule is O.O=C(O)CCP(CCC(=O)O)CCC(=O)O. The van der Waals surface area contributed by atoms with Crippen LogP contribution in [0.3, 0.4) is 0 Å². The summed E-state index contributed by atoms with van der Waals surface area (Å²) in [6, 6.07) is 0. The van der Waals surface area contributed by atoms with Crippen LogP contribution in [-0.2, 0) is 14.4 Å². The molecule has 0 aliphatic rings. The fraction of sp³-hybridized carbons (Fsp3) is 0.667. The Bertz CT molecular complexity index is 223. The van der Waals surface area contributed by atoms with Crippen molar-refractivity contribution < 1.29 is 35.2 Å². The molecular weight excluding hydrogens is 251 g/mol. The lowest BCUT2D eigenvalue weighted by atomic mass is 10.5. The number of aliphatic carboxylic acids is 3. The molecule has 8 heteroatoms. The van der Waals surface area contributed by atoms with Crippen LogP contribution in [0.4, 0.5) is 0 Å². The van der Waals surface area contributed by atoms with Gasteiger partial charge < -0.3 is 20.8 Å². The van der Waals surface area contributed by atoms with Crippen molar-refractivity contribution >= 4 is 25.8 Å². The standard InChI is InChI=1S/C9H15O6P.H2O/c10-7(11)1-4-16(5-2-8(12)13)6-3-9(14)15;/h1-6H2,(H,10,11)(H,12,13)(H,14,15);1H2. The average Bonchev–Trinajstić information content (AvgIpc) is 2.15. The maximum Gasteiger partial charge on any atom is 0.303 e. The molecule has 0 fully saturated rings. The second-order valence-electron chi connectivity index (χ2n) is 3.27. The van der Waals surface area contributed by atoms with Gasteiger partial charge in [-0.1, -0.05) is 0 Å². The molecule has 0 aromatic rings. The molecule has 0 amide bonds. The molecule has 0 saturated heterocycles. The van der Waals surface area contributed by atoms with Crippen LogP contribution in [0.25, 0.3) is 0 Å². The molecule has 0 aliphatic carbocycles. The van der Waals surface area contributed by atoms with E-state index < -0.39 is 25.8 Å². The Kier molecular flexibility index (Phi) is 10.7. The molecule has 7 nitrogen and oxygen atoms in total. The first-order chi connectivity index (χ1) is 7.41. The van der Waals surface area contributed by atoms with Crippen molar-refractivity contribution in [2.45, 2.75) is 19.3 Å². The van der Waals surface area contributed by atoms with Crippen LogP contribution in [-0.4, -0.2) is 57.2 Å². The average molecular weight is 268 g/mol. The summed E-state index contributed by atoms with van der Waals surface area (Å²) >= 11 is 0. The quantitative estimate of drug-likeness (QED) is 0.504. The zero-order valence-corrected chi connectivity index (χ0v) is 10.2. The predicted molar refractivity (Wildman–Crippen MR) is 61.9 cm³/mol. The number of hydrogen-bond acceptors (Lipinski definition) is 3. The molecule has 0 aliphatic heterocycles. The maximum atomic E-state index is 10.4. The molecular formula is C9H17O7P. The lowest BCUT2D eigenvalue weighted by molar-refractivity contribution is -0.137. The molecule has 0 atom stereocenters. The van der Waals surface area contributed by atoms with E-state index in [2.05, 4.69) is 0 Å². The van der Waals surface area contributed by atoms with E-state index >= 15 is 0 Å². The highest BCUT2D eigenvalue weighted by Gasteiger charge is 2.13. The van der Waals surface area contributed by atoms with Crippen molar-refractivity contribution in [2.75, 3.05) is 18.5 Å². The van der Waals surface area contributed by atoms with Crippen LogP contribution in [0.1, 0.15) is 19.3 Å². The van der Waals surface area contributed by atoms with Gasteiger partial charge in [0, 0.05) is 19.3 Å². The minimum absolute atomic E-state index is 0. The Labute approximate surface area is 99.5 Å². The van der Waals surface area contributed by atoms with E-state index in [-0.39, 0.29) is 24.7 Å². The van der Waals surface area contributed by atoms with Crippen LogP contribution < -0.4 is 0 Å². The molecule has 0 bridgehead atoms. The van der Waals surface area contributed by atoms with Crippen LogP contribution in [0.15, 0.2) is 0 Å². The zero-order valence-electron chi connectivity index (χ0n) is 9.26. The minimum Gasteiger partial charge on any atom is -0.481 e. The second-order valence-corrected chi connectivity index (χ2v) is 5.96. The van der Waals surface area contributed by atoms with Crippen LogP contribution in [0, 0.1) is 0 Å². The summed E-state index contributed by atoms with van der Waals surface area (Å²) in [5.74, 6) is -2.80. The van der Waals surface area contributed by atoms with E-state index in [1.165, 1.54) is 0 Å². The fourth-order valence-corrected chi connectivity index (χ4v) is 3.29. The lowest BCUT2D eigenvalue weighted by Gasteiger charge is -2.14. The fourth-order valence-electron chi connectivity index (χ4n) is 1.10. The van der Waals surface area contributed by atoms with Gasteiger partial charge in [-0.25, -0.2) is 0 Å². The molecule has 0 aromatic heterocycles. The van der Waals surface area contributed by atoms with Gasteiger partial charge in [0.25, 0.3) is 0 Å². The normalized spacial score (nSPS) is 9.71. The van der Waals surface area contributed by atoms with Gasteiger partial charge in [-0.3, -0.25) is 14.4 Å². The summed E-state index contributed by atoms with van der Waals surface area (Å²) in [6.07, 6.45) is 1.11. The van der Waals surface area contributed by atoms with Gasteiger partial charge in [0.2, 0.25) is 0 Å². The minimum atomic E-state index is -0.932. The van der Waals surface area contributed by atoms with Crippen LogP contribution in [0.5, 0.6) is 0 Å². The van der Waals surface area contributed by atoms with E-state index in [4.69, 9.17) is 15.3 Å². The third-order valence-electron chi connectivity index (χ3n) is 1.93. The van der Waals surface area contributed by atoms with Gasteiger partial charge in [-0.05, 0) is 18.5 Å². The number of carboxylic acids is 3. The van der Waals surface area contributed by atoms with Gasteiger partial charge >= 0.3 is 17.9 Å². The molecule has 0 unspecified atom stereocenters. The Morgan fingerprint density at radius 1 is 0.706 bits per heavy atom. The molecule has 17 heavy (non-hydrogen) atoms. The molecule has 5 N–H and O–H groups in total. The van der Waals surface area contributed by atoms with Gasteiger partial charge in [0.1, 0.15) is 0 Å². The van der Waals surface area contributed by atoms with Crippen molar-refractivity contribution in [2.24, 2.45) is 0 Å². The highest BCUT2D eigenvalue weighted by atomic mass is 31.1. The molecule has 0 radical (unpaired) electrons. The second kappa shape index (κ2) is 9.99. The molecule has 0 saturated carbocycles. The molecule has 0 spiro atoms. The van der Waals surface area contributed by atoms with Crippen molar-refractivity contribution in [1.29, 1.82) is 0 Å². The number of carboxylic acid groups (broad SMARTS) is 3. The third kappa shape index (κ3) is 12.7. The Morgan fingerprint density at radius 3 is 1.12 bits per heavy atom. The third-order valence-corrected chi connectivity index (χ3v) is 4.49. The van der Waals surface area contributed by atoms with Crippen molar-refractivity contribution in [3.63, 3.8) is 0 Å². The monoisotopic (exact) mass is 268 g/mol. The van der Waals surface area contributed by atoms with Crippen molar-refractivity contribution in [3.8, 4) is 0 Å². The van der Waals surface area contributed by atoms with Crippen LogP contribution >= 0.6 is 7.92 Å². The number of carbonyl (C=O) groups is 3. The Morgan fingerprint density at radius 2 is 0.941 bits per heavy atom. The van der Waals surface area contributed by atoms with E-state index in [1.807, 2.05) is 0 Å². The van der Waals surface area contributed by atoms with E-state index in [0.29, 0.717) is 18.5 Å².